The topological polar surface area (TPSA) is 26.3 Å². The quantitative estimate of drug-likeness (QED) is 0.168. The molecule has 0 N–H and O–H groups in total. The fourth-order valence-electron chi connectivity index (χ4n) is 7.91. The SMILES string of the molecule is C=C/C=C\c1ccccc1-c1cccc(-c2ccccccc(-c3ccc4oc5cc6cc7c(cc6cc5c4c3)oc3ccccc37)c3ccccc23)c1. The van der Waals surface area contributed by atoms with Crippen LogP contribution in [0.3, 0.4) is 0 Å². The molecule has 254 valence electrons. The van der Waals surface area contributed by atoms with Gasteiger partial charge in [-0.05, 0) is 109 Å². The summed E-state index contributed by atoms with van der Waals surface area (Å²) in [5.74, 6) is 0. The normalized spacial score (nSPS) is 11.7. The van der Waals surface area contributed by atoms with Crippen molar-refractivity contribution in [2.24, 2.45) is 0 Å². The Balaban J connectivity index is 1.16. The first-order chi connectivity index (χ1) is 26.7. The van der Waals surface area contributed by atoms with E-state index < -0.39 is 0 Å². The smallest absolute Gasteiger partial charge is 0.136 e. The summed E-state index contributed by atoms with van der Waals surface area (Å²) >= 11 is 0. The van der Waals surface area contributed by atoms with Gasteiger partial charge in [-0.1, -0.05) is 152 Å². The van der Waals surface area contributed by atoms with Gasteiger partial charge in [-0.15, -0.1) is 0 Å². The molecule has 2 heterocycles. The van der Waals surface area contributed by atoms with Crippen LogP contribution in [-0.2, 0) is 0 Å². The van der Waals surface area contributed by atoms with Crippen molar-refractivity contribution in [1.29, 1.82) is 0 Å². The van der Waals surface area contributed by atoms with Crippen molar-refractivity contribution in [3.05, 3.63) is 200 Å². The molecule has 0 bridgehead atoms. The first kappa shape index (κ1) is 31.6. The van der Waals surface area contributed by atoms with Crippen molar-refractivity contribution in [1.82, 2.24) is 0 Å². The zero-order valence-electron chi connectivity index (χ0n) is 29.5. The van der Waals surface area contributed by atoms with Gasteiger partial charge in [0, 0.05) is 21.5 Å². The van der Waals surface area contributed by atoms with Crippen molar-refractivity contribution in [2.75, 3.05) is 0 Å². The molecule has 10 rings (SSSR count). The summed E-state index contributed by atoms with van der Waals surface area (Å²) in [7, 11) is 0. The average Bonchev–Trinajstić information content (AvgIpc) is 3.76. The Labute approximate surface area is 312 Å². The third-order valence-corrected chi connectivity index (χ3v) is 10.5. The second-order valence-electron chi connectivity index (χ2n) is 13.7. The predicted molar refractivity (Wildman–Crippen MR) is 229 cm³/mol. The largest absolute Gasteiger partial charge is 0.456 e. The predicted octanol–water partition coefficient (Wildman–Crippen LogP) is 15.1. The number of benzene rings is 7. The van der Waals surface area contributed by atoms with Crippen LogP contribution in [0.5, 0.6) is 0 Å². The number of allylic oxidation sites excluding steroid dienone is 2. The molecule has 0 aliphatic heterocycles. The lowest BCUT2D eigenvalue weighted by atomic mass is 9.92. The molecule has 0 amide bonds. The van der Waals surface area contributed by atoms with E-state index in [1.165, 1.54) is 10.9 Å². The molecule has 0 spiro atoms. The van der Waals surface area contributed by atoms with Crippen LogP contribution in [-0.4, -0.2) is 0 Å². The first-order valence-corrected chi connectivity index (χ1v) is 18.3. The van der Waals surface area contributed by atoms with E-state index in [1.807, 2.05) is 24.3 Å². The zero-order chi connectivity index (χ0) is 36.0. The van der Waals surface area contributed by atoms with Crippen LogP contribution in [0.4, 0.5) is 0 Å². The van der Waals surface area contributed by atoms with Crippen LogP contribution in [0.15, 0.2) is 203 Å². The van der Waals surface area contributed by atoms with Gasteiger partial charge in [0.05, 0.1) is 0 Å². The molecular weight excluding hydrogens is 657 g/mol. The van der Waals surface area contributed by atoms with Gasteiger partial charge in [-0.3, -0.25) is 0 Å². The molecule has 8 aromatic carbocycles. The summed E-state index contributed by atoms with van der Waals surface area (Å²) in [6.07, 6.45) is 5.91. The van der Waals surface area contributed by atoms with Gasteiger partial charge in [0.25, 0.3) is 0 Å². The fraction of sp³-hybridized carbons (Fsp3) is 0. The standard InChI is InChI=1S/C52H34O2/c1-2-3-15-34-16-8-9-19-40(34)35-17-14-18-36(28-35)41-20-6-4-5-7-21-42(44-23-11-10-22-43(41)44)37-26-27-50-47(29-37)48-31-39-32-51-46(30-38(39)33-52(48)54-50)45-24-12-13-25-49(45)53-51/h2-33H,1H2/b5-4?,6-4?,7-5?,15-3-,20-6?,21-7?,41-20?,42-21?,43-41?,44-42?. The number of hydrogen-bond donors (Lipinski definition) is 0. The van der Waals surface area contributed by atoms with Crippen molar-refractivity contribution in [3.63, 3.8) is 0 Å². The second kappa shape index (κ2) is 13.1. The Kier molecular flexibility index (Phi) is 7.66. The molecule has 54 heavy (non-hydrogen) atoms. The summed E-state index contributed by atoms with van der Waals surface area (Å²) in [5.41, 5.74) is 11.6. The molecule has 0 atom stereocenters. The number of hydrogen-bond acceptors (Lipinski definition) is 2. The van der Waals surface area contributed by atoms with Gasteiger partial charge in [0.1, 0.15) is 22.3 Å². The average molecular weight is 691 g/mol. The highest BCUT2D eigenvalue weighted by Crippen LogP contribution is 2.40. The molecule has 0 saturated carbocycles. The summed E-state index contributed by atoms with van der Waals surface area (Å²) in [6.45, 7) is 3.87. The number of furan rings is 2. The second-order valence-corrected chi connectivity index (χ2v) is 13.7. The maximum absolute atomic E-state index is 6.50. The van der Waals surface area contributed by atoms with Gasteiger partial charge in [-0.25, -0.2) is 0 Å². The van der Waals surface area contributed by atoms with Crippen LogP contribution in [0.2, 0.25) is 0 Å². The van der Waals surface area contributed by atoms with E-state index in [1.54, 1.807) is 0 Å². The lowest BCUT2D eigenvalue weighted by Gasteiger charge is -2.12. The van der Waals surface area contributed by atoms with Crippen molar-refractivity contribution >= 4 is 71.5 Å². The Bertz CT molecular complexity index is 3190. The van der Waals surface area contributed by atoms with Crippen LogP contribution in [0.1, 0.15) is 5.56 Å². The first-order valence-electron chi connectivity index (χ1n) is 18.3. The molecular formula is C52H34O2. The number of rotatable bonds is 5. The van der Waals surface area contributed by atoms with E-state index in [0.717, 1.165) is 93.4 Å². The monoisotopic (exact) mass is 690 g/mol. The molecule has 0 aliphatic carbocycles. The third kappa shape index (κ3) is 5.44. The molecule has 0 unspecified atom stereocenters. The minimum atomic E-state index is 0.867. The van der Waals surface area contributed by atoms with Gasteiger partial charge in [-0.2, -0.15) is 0 Å². The van der Waals surface area contributed by atoms with E-state index >= 15 is 0 Å². The number of fused-ring (bicyclic) bond motifs is 8. The van der Waals surface area contributed by atoms with Gasteiger partial charge in [0.15, 0.2) is 0 Å². The van der Waals surface area contributed by atoms with Gasteiger partial charge in [0.2, 0.25) is 0 Å². The lowest BCUT2D eigenvalue weighted by molar-refractivity contribution is 0.668. The Morgan fingerprint density at radius 3 is 1.57 bits per heavy atom. The fourth-order valence-corrected chi connectivity index (χ4v) is 7.91. The van der Waals surface area contributed by atoms with Crippen molar-refractivity contribution in [3.8, 4) is 33.4 Å². The summed E-state index contributed by atoms with van der Waals surface area (Å²) < 4.78 is 12.8. The van der Waals surface area contributed by atoms with Crippen LogP contribution >= 0.6 is 0 Å². The summed E-state index contributed by atoms with van der Waals surface area (Å²) in [6, 6.07) is 62.5. The van der Waals surface area contributed by atoms with Crippen LogP contribution in [0.25, 0.3) is 105 Å². The van der Waals surface area contributed by atoms with E-state index in [2.05, 4.69) is 176 Å². The van der Waals surface area contributed by atoms with E-state index in [9.17, 15) is 0 Å². The van der Waals surface area contributed by atoms with E-state index in [0.29, 0.717) is 0 Å². The highest BCUT2D eigenvalue weighted by atomic mass is 16.3. The van der Waals surface area contributed by atoms with Crippen molar-refractivity contribution in [2.45, 2.75) is 0 Å². The minimum Gasteiger partial charge on any atom is -0.456 e. The van der Waals surface area contributed by atoms with Crippen LogP contribution in [0, 0.1) is 0 Å². The maximum Gasteiger partial charge on any atom is 0.136 e. The Hall–Kier alpha value is -7.16. The Morgan fingerprint density at radius 1 is 0.352 bits per heavy atom. The van der Waals surface area contributed by atoms with E-state index in [-0.39, 0.29) is 0 Å². The van der Waals surface area contributed by atoms with Gasteiger partial charge >= 0.3 is 0 Å². The zero-order valence-corrected chi connectivity index (χ0v) is 29.5. The summed E-state index contributed by atoms with van der Waals surface area (Å²) in [5, 5.41) is 8.99. The molecule has 2 nitrogen and oxygen atoms in total. The molecule has 0 radical (unpaired) electrons. The molecule has 2 aromatic heterocycles. The third-order valence-electron chi connectivity index (χ3n) is 10.5. The molecule has 2 heteroatoms. The number of para-hydroxylation sites is 1. The highest BCUT2D eigenvalue weighted by Gasteiger charge is 2.15. The summed E-state index contributed by atoms with van der Waals surface area (Å²) in [4.78, 5) is 0. The molecule has 10 aromatic rings. The van der Waals surface area contributed by atoms with Crippen molar-refractivity contribution < 1.29 is 8.83 Å². The van der Waals surface area contributed by atoms with E-state index in [4.69, 9.17) is 8.83 Å². The lowest BCUT2D eigenvalue weighted by Crippen LogP contribution is -1.86. The van der Waals surface area contributed by atoms with Gasteiger partial charge < -0.3 is 8.83 Å². The van der Waals surface area contributed by atoms with Crippen LogP contribution < -0.4 is 0 Å². The molecule has 0 aliphatic rings. The Morgan fingerprint density at radius 2 is 0.870 bits per heavy atom. The molecule has 0 saturated heterocycles. The maximum atomic E-state index is 6.50. The molecule has 0 fully saturated rings. The minimum absolute atomic E-state index is 0.867. The highest BCUT2D eigenvalue weighted by molar-refractivity contribution is 6.16.